The second-order valence-corrected chi connectivity index (χ2v) is 5.94. The minimum atomic E-state index is 0.568. The van der Waals surface area contributed by atoms with Crippen molar-refractivity contribution in [1.82, 2.24) is 15.2 Å². The van der Waals surface area contributed by atoms with Gasteiger partial charge in [0, 0.05) is 42.8 Å². The van der Waals surface area contributed by atoms with Crippen molar-refractivity contribution in [2.24, 2.45) is 0 Å². The SMILES string of the molecule is Cc1cc(C)c2[nH]cc(CC3CN(C)CCN3)c2c1. The molecule has 0 radical (unpaired) electrons. The number of aryl methyl sites for hydroxylation is 2. The van der Waals surface area contributed by atoms with E-state index in [1.165, 1.54) is 27.6 Å². The van der Waals surface area contributed by atoms with Crippen LogP contribution in [0, 0.1) is 13.8 Å². The summed E-state index contributed by atoms with van der Waals surface area (Å²) < 4.78 is 0. The van der Waals surface area contributed by atoms with E-state index < -0.39 is 0 Å². The normalized spacial score (nSPS) is 21.1. The molecule has 0 amide bonds. The Hall–Kier alpha value is -1.32. The molecule has 3 rings (SSSR count). The Morgan fingerprint density at radius 1 is 1.32 bits per heavy atom. The maximum absolute atomic E-state index is 3.63. The standard InChI is InChI=1S/C16H23N3/c1-11-6-12(2)16-15(7-11)13(9-18-16)8-14-10-19(3)5-4-17-14/h6-7,9,14,17-18H,4-5,8,10H2,1-3H3. The summed E-state index contributed by atoms with van der Waals surface area (Å²) >= 11 is 0. The molecule has 19 heavy (non-hydrogen) atoms. The van der Waals surface area contributed by atoms with Crippen LogP contribution in [-0.2, 0) is 6.42 Å². The number of likely N-dealkylation sites (N-methyl/N-ethyl adjacent to an activating group) is 1. The highest BCUT2D eigenvalue weighted by Crippen LogP contribution is 2.24. The number of hydrogen-bond acceptors (Lipinski definition) is 2. The lowest BCUT2D eigenvalue weighted by Gasteiger charge is -2.30. The molecule has 0 aliphatic carbocycles. The van der Waals surface area contributed by atoms with E-state index >= 15 is 0 Å². The van der Waals surface area contributed by atoms with Crippen molar-refractivity contribution < 1.29 is 0 Å². The van der Waals surface area contributed by atoms with Crippen LogP contribution in [0.15, 0.2) is 18.3 Å². The van der Waals surface area contributed by atoms with Crippen molar-refractivity contribution in [2.75, 3.05) is 26.7 Å². The predicted octanol–water partition coefficient (Wildman–Crippen LogP) is 2.23. The molecule has 2 aromatic rings. The van der Waals surface area contributed by atoms with Gasteiger partial charge in [-0.2, -0.15) is 0 Å². The van der Waals surface area contributed by atoms with Gasteiger partial charge in [-0.15, -0.1) is 0 Å². The summed E-state index contributed by atoms with van der Waals surface area (Å²) in [7, 11) is 2.21. The lowest BCUT2D eigenvalue weighted by molar-refractivity contribution is 0.238. The fourth-order valence-corrected chi connectivity index (χ4v) is 3.21. The summed E-state index contributed by atoms with van der Waals surface area (Å²) in [5.41, 5.74) is 5.42. The van der Waals surface area contributed by atoms with Gasteiger partial charge < -0.3 is 15.2 Å². The van der Waals surface area contributed by atoms with Gasteiger partial charge in [0.05, 0.1) is 0 Å². The predicted molar refractivity (Wildman–Crippen MR) is 80.8 cm³/mol. The second-order valence-electron chi connectivity index (χ2n) is 5.94. The maximum atomic E-state index is 3.63. The Morgan fingerprint density at radius 2 is 2.16 bits per heavy atom. The Bertz CT molecular complexity index is 585. The summed E-state index contributed by atoms with van der Waals surface area (Å²) in [5, 5.41) is 5.02. The smallest absolute Gasteiger partial charge is 0.0486 e. The monoisotopic (exact) mass is 257 g/mol. The van der Waals surface area contributed by atoms with Crippen LogP contribution in [0.1, 0.15) is 16.7 Å². The van der Waals surface area contributed by atoms with Gasteiger partial charge in [-0.1, -0.05) is 11.6 Å². The van der Waals surface area contributed by atoms with E-state index in [4.69, 9.17) is 0 Å². The fraction of sp³-hybridized carbons (Fsp3) is 0.500. The quantitative estimate of drug-likeness (QED) is 0.864. The minimum Gasteiger partial charge on any atom is -0.361 e. The van der Waals surface area contributed by atoms with Gasteiger partial charge in [0.15, 0.2) is 0 Å². The Morgan fingerprint density at radius 3 is 2.95 bits per heavy atom. The molecule has 0 spiro atoms. The fourth-order valence-electron chi connectivity index (χ4n) is 3.21. The number of aromatic nitrogens is 1. The first-order valence-electron chi connectivity index (χ1n) is 7.12. The Balaban J connectivity index is 1.88. The molecule has 0 saturated carbocycles. The van der Waals surface area contributed by atoms with Gasteiger partial charge in [-0.3, -0.25) is 0 Å². The number of fused-ring (bicyclic) bond motifs is 1. The van der Waals surface area contributed by atoms with Crippen molar-refractivity contribution in [3.05, 3.63) is 35.0 Å². The second kappa shape index (κ2) is 4.99. The maximum Gasteiger partial charge on any atom is 0.0486 e. The molecule has 3 heteroatoms. The average molecular weight is 257 g/mol. The van der Waals surface area contributed by atoms with Crippen LogP contribution in [0.25, 0.3) is 10.9 Å². The van der Waals surface area contributed by atoms with E-state index in [-0.39, 0.29) is 0 Å². The Labute approximate surface area is 115 Å². The van der Waals surface area contributed by atoms with E-state index in [2.05, 4.69) is 54.4 Å². The summed E-state index contributed by atoms with van der Waals surface area (Å²) in [5.74, 6) is 0. The molecule has 1 aliphatic heterocycles. The zero-order chi connectivity index (χ0) is 13.4. The molecule has 2 N–H and O–H groups in total. The lowest BCUT2D eigenvalue weighted by atomic mass is 10.0. The van der Waals surface area contributed by atoms with E-state index in [9.17, 15) is 0 Å². The highest BCUT2D eigenvalue weighted by Gasteiger charge is 2.18. The van der Waals surface area contributed by atoms with Crippen LogP contribution in [0.5, 0.6) is 0 Å². The van der Waals surface area contributed by atoms with Crippen molar-refractivity contribution in [3.63, 3.8) is 0 Å². The topological polar surface area (TPSA) is 31.1 Å². The lowest BCUT2D eigenvalue weighted by Crippen LogP contribution is -2.49. The third-order valence-electron chi connectivity index (χ3n) is 4.14. The van der Waals surface area contributed by atoms with Crippen molar-refractivity contribution in [1.29, 1.82) is 0 Å². The number of H-pyrrole nitrogens is 1. The highest BCUT2D eigenvalue weighted by atomic mass is 15.2. The number of hydrogen-bond donors (Lipinski definition) is 2. The summed E-state index contributed by atoms with van der Waals surface area (Å²) in [6, 6.07) is 5.12. The van der Waals surface area contributed by atoms with Crippen LogP contribution >= 0.6 is 0 Å². The van der Waals surface area contributed by atoms with E-state index in [1.807, 2.05) is 0 Å². The largest absolute Gasteiger partial charge is 0.361 e. The molecule has 2 heterocycles. The zero-order valence-corrected chi connectivity index (χ0v) is 12.1. The molecule has 0 bridgehead atoms. The number of nitrogens with one attached hydrogen (secondary N) is 2. The molecule has 1 atom stereocenters. The highest BCUT2D eigenvalue weighted by molar-refractivity contribution is 5.86. The molecule has 1 saturated heterocycles. The molecule has 1 aromatic carbocycles. The number of rotatable bonds is 2. The zero-order valence-electron chi connectivity index (χ0n) is 12.1. The molecule has 1 aliphatic rings. The first-order chi connectivity index (χ1) is 9.13. The van der Waals surface area contributed by atoms with Crippen molar-refractivity contribution in [3.8, 4) is 0 Å². The van der Waals surface area contributed by atoms with Gasteiger partial charge in [-0.05, 0) is 44.5 Å². The first kappa shape index (κ1) is 12.7. The van der Waals surface area contributed by atoms with Gasteiger partial charge in [-0.25, -0.2) is 0 Å². The van der Waals surface area contributed by atoms with Gasteiger partial charge >= 0.3 is 0 Å². The molecule has 1 fully saturated rings. The number of nitrogens with zero attached hydrogens (tertiary/aromatic N) is 1. The van der Waals surface area contributed by atoms with Crippen LogP contribution in [-0.4, -0.2) is 42.6 Å². The molecule has 1 aromatic heterocycles. The molecular formula is C16H23N3. The number of benzene rings is 1. The minimum absolute atomic E-state index is 0.568. The summed E-state index contributed by atoms with van der Waals surface area (Å²) in [6.07, 6.45) is 3.29. The van der Waals surface area contributed by atoms with Gasteiger partial charge in [0.1, 0.15) is 0 Å². The summed E-state index contributed by atoms with van der Waals surface area (Å²) in [4.78, 5) is 5.85. The van der Waals surface area contributed by atoms with Crippen LogP contribution in [0.3, 0.4) is 0 Å². The van der Waals surface area contributed by atoms with E-state index in [0.717, 1.165) is 26.1 Å². The van der Waals surface area contributed by atoms with Gasteiger partial charge in [0.25, 0.3) is 0 Å². The summed E-state index contributed by atoms with van der Waals surface area (Å²) in [6.45, 7) is 7.75. The molecular weight excluding hydrogens is 234 g/mol. The third-order valence-corrected chi connectivity index (χ3v) is 4.14. The van der Waals surface area contributed by atoms with E-state index in [0.29, 0.717) is 6.04 Å². The third kappa shape index (κ3) is 2.53. The van der Waals surface area contributed by atoms with Crippen molar-refractivity contribution in [2.45, 2.75) is 26.3 Å². The Kier molecular flexibility index (Phi) is 3.33. The number of piperazine rings is 1. The van der Waals surface area contributed by atoms with Gasteiger partial charge in [0.2, 0.25) is 0 Å². The molecule has 1 unspecified atom stereocenters. The van der Waals surface area contributed by atoms with Crippen molar-refractivity contribution >= 4 is 10.9 Å². The van der Waals surface area contributed by atoms with Crippen LogP contribution < -0.4 is 5.32 Å². The molecule has 102 valence electrons. The van der Waals surface area contributed by atoms with Crippen LogP contribution in [0.4, 0.5) is 0 Å². The first-order valence-corrected chi connectivity index (χ1v) is 7.12. The average Bonchev–Trinajstić information content (AvgIpc) is 2.73. The number of aromatic amines is 1. The molecule has 3 nitrogen and oxygen atoms in total. The van der Waals surface area contributed by atoms with E-state index in [1.54, 1.807) is 0 Å². The van der Waals surface area contributed by atoms with Crippen LogP contribution in [0.2, 0.25) is 0 Å².